The first-order chi connectivity index (χ1) is 13.7. The molecule has 4 aromatic rings. The minimum atomic E-state index is -0.179. The van der Waals surface area contributed by atoms with Gasteiger partial charge in [0, 0.05) is 34.0 Å². The zero-order valence-corrected chi connectivity index (χ0v) is 17.8. The monoisotopic (exact) mass is 426 g/mol. The first-order valence-electron chi connectivity index (χ1n) is 9.09. The Morgan fingerprint density at radius 2 is 1.62 bits per heavy atom. The molecule has 0 atom stereocenters. The van der Waals surface area contributed by atoms with Crippen molar-refractivity contribution in [2.24, 2.45) is 0 Å². The lowest BCUT2D eigenvalue weighted by molar-refractivity contribution is 0.408. The quantitative estimate of drug-likeness (QED) is 0.403. The number of nitrogen functional groups attached to an aromatic ring is 1. The molecule has 4 rings (SSSR count). The van der Waals surface area contributed by atoms with E-state index >= 15 is 0 Å². The number of halogens is 2. The van der Waals surface area contributed by atoms with Gasteiger partial charge in [0.25, 0.3) is 0 Å². The molecule has 0 radical (unpaired) electrons. The Morgan fingerprint density at radius 3 is 2.28 bits per heavy atom. The van der Waals surface area contributed by atoms with Crippen LogP contribution in [0.5, 0.6) is 11.5 Å². The minimum Gasteiger partial charge on any atom is -0.457 e. The summed E-state index contributed by atoms with van der Waals surface area (Å²) in [5.74, 6) is 1.73. The van der Waals surface area contributed by atoms with Crippen LogP contribution in [0.25, 0.3) is 22.2 Å². The van der Waals surface area contributed by atoms with E-state index in [9.17, 15) is 0 Å². The van der Waals surface area contributed by atoms with Gasteiger partial charge in [-0.15, -0.1) is 0 Å². The Kier molecular flexibility index (Phi) is 4.89. The molecule has 0 saturated carbocycles. The number of hydrogen-bond acceptors (Lipinski definition) is 4. The molecule has 2 aromatic heterocycles. The number of aromatic nitrogens is 3. The van der Waals surface area contributed by atoms with Gasteiger partial charge in [-0.2, -0.15) is 0 Å². The second-order valence-corrected chi connectivity index (χ2v) is 8.58. The number of fused-ring (bicyclic) bond motifs is 1. The summed E-state index contributed by atoms with van der Waals surface area (Å²) in [7, 11) is 0. The van der Waals surface area contributed by atoms with Crippen molar-refractivity contribution in [2.45, 2.75) is 26.3 Å². The Hall–Kier alpha value is -2.76. The van der Waals surface area contributed by atoms with Gasteiger partial charge in [0.15, 0.2) is 0 Å². The van der Waals surface area contributed by atoms with Gasteiger partial charge in [-0.3, -0.25) is 0 Å². The Morgan fingerprint density at radius 1 is 0.931 bits per heavy atom. The number of benzene rings is 2. The summed E-state index contributed by atoms with van der Waals surface area (Å²) >= 11 is 12.6. The molecule has 0 unspecified atom stereocenters. The molecule has 0 saturated heterocycles. The summed E-state index contributed by atoms with van der Waals surface area (Å²) in [6, 6.07) is 12.7. The predicted octanol–water partition coefficient (Wildman–Crippen LogP) is 6.53. The van der Waals surface area contributed by atoms with E-state index in [2.05, 4.69) is 35.3 Å². The van der Waals surface area contributed by atoms with Gasteiger partial charge >= 0.3 is 0 Å². The highest BCUT2D eigenvalue weighted by Gasteiger charge is 2.23. The van der Waals surface area contributed by atoms with E-state index in [1.807, 2.05) is 18.3 Å². The molecule has 2 aromatic carbocycles. The fraction of sp³-hybridized carbons (Fsp3) is 0.182. The fourth-order valence-electron chi connectivity index (χ4n) is 3.22. The lowest BCUT2D eigenvalue weighted by Gasteiger charge is -2.21. The molecule has 148 valence electrons. The third-order valence-electron chi connectivity index (χ3n) is 4.62. The maximum Gasteiger partial charge on any atom is 0.146 e. The molecule has 7 heteroatoms. The van der Waals surface area contributed by atoms with Crippen LogP contribution in [0.2, 0.25) is 10.0 Å². The normalized spacial score (nSPS) is 11.8. The summed E-state index contributed by atoms with van der Waals surface area (Å²) < 4.78 is 7.97. The van der Waals surface area contributed by atoms with Crippen LogP contribution in [-0.4, -0.2) is 14.5 Å². The average molecular weight is 427 g/mol. The van der Waals surface area contributed by atoms with E-state index in [1.165, 1.54) is 6.33 Å². The largest absolute Gasteiger partial charge is 0.457 e. The van der Waals surface area contributed by atoms with E-state index in [-0.39, 0.29) is 5.54 Å². The molecule has 0 amide bonds. The van der Waals surface area contributed by atoms with E-state index < -0.39 is 0 Å². The molecular formula is C22H20Cl2N4O. The molecule has 29 heavy (non-hydrogen) atoms. The highest BCUT2D eigenvalue weighted by atomic mass is 35.5. The Labute approximate surface area is 179 Å². The number of nitrogens with two attached hydrogens (primary N) is 1. The number of rotatable bonds is 3. The molecule has 0 aliphatic carbocycles. The number of ether oxygens (including phenoxy) is 1. The van der Waals surface area contributed by atoms with Crippen molar-refractivity contribution in [1.29, 1.82) is 0 Å². The second-order valence-electron chi connectivity index (χ2n) is 7.74. The summed E-state index contributed by atoms with van der Waals surface area (Å²) in [6.45, 7) is 6.33. The van der Waals surface area contributed by atoms with Crippen LogP contribution in [0, 0.1) is 0 Å². The summed E-state index contributed by atoms with van der Waals surface area (Å²) in [6.07, 6.45) is 3.50. The van der Waals surface area contributed by atoms with Crippen LogP contribution in [0.4, 0.5) is 5.82 Å². The maximum absolute atomic E-state index is 6.64. The topological polar surface area (TPSA) is 66.0 Å². The van der Waals surface area contributed by atoms with Crippen molar-refractivity contribution in [1.82, 2.24) is 14.5 Å². The Balaban J connectivity index is 1.79. The van der Waals surface area contributed by atoms with E-state index in [1.54, 1.807) is 30.3 Å². The standard InChI is InChI=1S/C22H20Cl2N4O/c1-22(2,3)28-11-17(19-20(25)26-12-27-21(19)28)16-9-8-15(10-18(16)24)29-14-6-4-13(23)5-7-14/h4-12H,1-3H3,(H2,25,26,27). The highest BCUT2D eigenvalue weighted by molar-refractivity contribution is 6.34. The predicted molar refractivity (Wildman–Crippen MR) is 119 cm³/mol. The first-order valence-corrected chi connectivity index (χ1v) is 9.85. The first kappa shape index (κ1) is 19.6. The number of anilines is 1. The van der Waals surface area contributed by atoms with Gasteiger partial charge in [-0.05, 0) is 57.2 Å². The number of hydrogen-bond donors (Lipinski definition) is 1. The van der Waals surface area contributed by atoms with E-state index in [0.29, 0.717) is 27.4 Å². The molecule has 0 aliphatic heterocycles. The fourth-order valence-corrected chi connectivity index (χ4v) is 3.62. The van der Waals surface area contributed by atoms with Gasteiger partial charge in [0.05, 0.1) is 10.4 Å². The molecule has 0 bridgehead atoms. The molecule has 0 aliphatic rings. The van der Waals surface area contributed by atoms with E-state index in [0.717, 1.165) is 22.2 Å². The minimum absolute atomic E-state index is 0.179. The third-order valence-corrected chi connectivity index (χ3v) is 5.18. The van der Waals surface area contributed by atoms with Gasteiger partial charge < -0.3 is 15.0 Å². The molecule has 0 spiro atoms. The van der Waals surface area contributed by atoms with Crippen LogP contribution < -0.4 is 10.5 Å². The Bertz CT molecular complexity index is 1190. The van der Waals surface area contributed by atoms with Crippen LogP contribution in [0.15, 0.2) is 55.0 Å². The lowest BCUT2D eigenvalue weighted by Crippen LogP contribution is -2.21. The molecule has 2 N–H and O–H groups in total. The molecular weight excluding hydrogens is 407 g/mol. The van der Waals surface area contributed by atoms with E-state index in [4.69, 9.17) is 33.7 Å². The van der Waals surface area contributed by atoms with Crippen LogP contribution >= 0.6 is 23.2 Å². The maximum atomic E-state index is 6.64. The second kappa shape index (κ2) is 7.25. The lowest BCUT2D eigenvalue weighted by atomic mass is 10.1. The van der Waals surface area contributed by atoms with Gasteiger partial charge in [-0.25, -0.2) is 9.97 Å². The molecule has 2 heterocycles. The molecule has 5 nitrogen and oxygen atoms in total. The number of nitrogens with zero attached hydrogens (tertiary/aromatic N) is 3. The smallest absolute Gasteiger partial charge is 0.146 e. The van der Waals surface area contributed by atoms with Crippen molar-refractivity contribution in [3.05, 3.63) is 65.0 Å². The average Bonchev–Trinajstić information content (AvgIpc) is 3.05. The van der Waals surface area contributed by atoms with Crippen LogP contribution in [0.1, 0.15) is 20.8 Å². The van der Waals surface area contributed by atoms with Gasteiger partial charge in [0.1, 0.15) is 29.3 Å². The van der Waals surface area contributed by atoms with Crippen molar-refractivity contribution in [3.8, 4) is 22.6 Å². The summed E-state index contributed by atoms with van der Waals surface area (Å²) in [5, 5.41) is 1.99. The zero-order valence-electron chi connectivity index (χ0n) is 16.3. The zero-order chi connectivity index (χ0) is 20.8. The third kappa shape index (κ3) is 3.76. The van der Waals surface area contributed by atoms with Crippen molar-refractivity contribution >= 4 is 40.1 Å². The SMILES string of the molecule is CC(C)(C)n1cc(-c2ccc(Oc3ccc(Cl)cc3)cc2Cl)c2c(N)ncnc21. The van der Waals surface area contributed by atoms with Crippen LogP contribution in [0.3, 0.4) is 0 Å². The van der Waals surface area contributed by atoms with Crippen molar-refractivity contribution in [2.75, 3.05) is 5.73 Å². The van der Waals surface area contributed by atoms with Crippen molar-refractivity contribution < 1.29 is 4.74 Å². The van der Waals surface area contributed by atoms with Gasteiger partial charge in [0.2, 0.25) is 0 Å². The highest BCUT2D eigenvalue weighted by Crippen LogP contribution is 2.40. The molecule has 0 fully saturated rings. The van der Waals surface area contributed by atoms with Gasteiger partial charge in [-0.1, -0.05) is 23.2 Å². The summed E-state index contributed by atoms with van der Waals surface area (Å²) in [5.41, 5.74) is 8.52. The summed E-state index contributed by atoms with van der Waals surface area (Å²) in [4.78, 5) is 8.63. The van der Waals surface area contributed by atoms with Crippen molar-refractivity contribution in [3.63, 3.8) is 0 Å². The van der Waals surface area contributed by atoms with Crippen LogP contribution in [-0.2, 0) is 5.54 Å².